The molecule has 0 saturated heterocycles. The van der Waals surface area contributed by atoms with E-state index >= 15 is 0 Å². The third-order valence-corrected chi connectivity index (χ3v) is 13.3. The summed E-state index contributed by atoms with van der Waals surface area (Å²) in [6.07, 6.45) is 6.62. The Morgan fingerprint density at radius 3 is 1.83 bits per heavy atom. The third-order valence-electron chi connectivity index (χ3n) is 13.3. The number of aromatic nitrogens is 1. The van der Waals surface area contributed by atoms with Gasteiger partial charge in [0.15, 0.2) is 5.58 Å². The van der Waals surface area contributed by atoms with Crippen LogP contribution in [-0.4, -0.2) is 4.98 Å². The molecule has 8 aromatic carbocycles. The molecule has 0 N–H and O–H groups in total. The molecule has 0 spiro atoms. The molecule has 1 aromatic heterocycles. The highest BCUT2D eigenvalue weighted by Crippen LogP contribution is 2.58. The number of hydrogen-bond donors (Lipinski definition) is 0. The number of benzene rings is 8. The molecule has 3 heteroatoms. The minimum atomic E-state index is -0.422. The highest BCUT2D eigenvalue weighted by atomic mass is 16.4. The molecule has 11 rings (SSSR count). The smallest absolute Gasteiger partial charge is 0.307 e. The average Bonchev–Trinajstić information content (AvgIpc) is 3.96. The molecule has 0 bridgehead atoms. The summed E-state index contributed by atoms with van der Waals surface area (Å²) in [5, 5.41) is 0. The Hall–Kier alpha value is -7.23. The average molecular weight is 773 g/mol. The molecule has 0 atom stereocenters. The van der Waals surface area contributed by atoms with Crippen LogP contribution in [0.15, 0.2) is 199 Å². The molecular formula is C57H44N2O. The van der Waals surface area contributed by atoms with Crippen LogP contribution in [0.1, 0.15) is 71.2 Å². The summed E-state index contributed by atoms with van der Waals surface area (Å²) in [7, 11) is 0. The van der Waals surface area contributed by atoms with Crippen molar-refractivity contribution < 1.29 is 4.42 Å². The van der Waals surface area contributed by atoms with Gasteiger partial charge in [0.25, 0.3) is 0 Å². The Morgan fingerprint density at radius 2 is 1.12 bits per heavy atom. The van der Waals surface area contributed by atoms with Crippen molar-refractivity contribution in [3.05, 3.63) is 239 Å². The van der Waals surface area contributed by atoms with E-state index in [0.717, 1.165) is 35.3 Å². The number of para-hydroxylation sites is 3. The van der Waals surface area contributed by atoms with Crippen molar-refractivity contribution in [3.8, 4) is 22.3 Å². The van der Waals surface area contributed by atoms with Gasteiger partial charge in [-0.2, -0.15) is 4.98 Å². The van der Waals surface area contributed by atoms with Crippen molar-refractivity contribution in [3.63, 3.8) is 0 Å². The van der Waals surface area contributed by atoms with Gasteiger partial charge in [0.2, 0.25) is 0 Å². The van der Waals surface area contributed by atoms with Gasteiger partial charge >= 0.3 is 6.01 Å². The first-order chi connectivity index (χ1) is 29.6. The van der Waals surface area contributed by atoms with E-state index in [-0.39, 0.29) is 5.41 Å². The van der Waals surface area contributed by atoms with Crippen LogP contribution < -0.4 is 4.90 Å². The monoisotopic (exact) mass is 772 g/mol. The molecule has 0 amide bonds. The molecule has 0 unspecified atom stereocenters. The Balaban J connectivity index is 1.01. The van der Waals surface area contributed by atoms with Crippen LogP contribution in [0.2, 0.25) is 0 Å². The molecule has 0 fully saturated rings. The predicted molar refractivity (Wildman–Crippen MR) is 248 cm³/mol. The minimum absolute atomic E-state index is 0.147. The zero-order valence-corrected chi connectivity index (χ0v) is 33.8. The van der Waals surface area contributed by atoms with E-state index in [2.05, 4.69) is 195 Å². The van der Waals surface area contributed by atoms with Gasteiger partial charge in [-0.05, 0) is 116 Å². The molecule has 2 aliphatic carbocycles. The quantitative estimate of drug-likeness (QED) is 0.137. The number of hydrogen-bond acceptors (Lipinski definition) is 3. The number of nitrogens with zero attached hydrogens (tertiary/aromatic N) is 2. The Morgan fingerprint density at radius 1 is 0.500 bits per heavy atom. The molecule has 0 radical (unpaired) electrons. The van der Waals surface area contributed by atoms with Gasteiger partial charge in [0.1, 0.15) is 5.52 Å². The Bertz CT molecular complexity index is 2990. The van der Waals surface area contributed by atoms with Crippen molar-refractivity contribution in [2.75, 3.05) is 4.90 Å². The van der Waals surface area contributed by atoms with Crippen LogP contribution >= 0.6 is 0 Å². The van der Waals surface area contributed by atoms with Gasteiger partial charge in [-0.3, -0.25) is 4.90 Å². The first kappa shape index (κ1) is 35.9. The van der Waals surface area contributed by atoms with Crippen LogP contribution in [0.4, 0.5) is 17.4 Å². The van der Waals surface area contributed by atoms with Gasteiger partial charge in [-0.25, -0.2) is 0 Å². The van der Waals surface area contributed by atoms with E-state index in [4.69, 9.17) is 9.40 Å². The second kappa shape index (κ2) is 14.2. The summed E-state index contributed by atoms with van der Waals surface area (Å²) in [6, 6.07) is 70.8. The standard InChI is InChI=1S/C57H44N2O/c1-3-56(4-2)50-37-39(32-35-45(50)46-36-34-44(38-51(46)56)59(43-24-12-7-13-25-43)55-58-52-29-16-17-30-53(52)60-55)31-33-40-19-18-28-49-54(40)47-26-14-15-27-48(47)57(49,41-20-8-5-9-21-41)42-22-10-6-11-23-42/h5-38H,3-4H2,1-2H3/b33-31+. The summed E-state index contributed by atoms with van der Waals surface area (Å²) in [4.78, 5) is 7.10. The third kappa shape index (κ3) is 5.32. The lowest BCUT2D eigenvalue weighted by atomic mass is 9.67. The van der Waals surface area contributed by atoms with Crippen LogP contribution in [0, 0.1) is 0 Å². The number of fused-ring (bicyclic) bond motifs is 7. The van der Waals surface area contributed by atoms with Crippen molar-refractivity contribution in [2.24, 2.45) is 0 Å². The molecule has 0 aliphatic heterocycles. The maximum atomic E-state index is 6.41. The van der Waals surface area contributed by atoms with E-state index in [1.165, 1.54) is 66.8 Å². The van der Waals surface area contributed by atoms with Crippen molar-refractivity contribution in [2.45, 2.75) is 37.5 Å². The zero-order chi connectivity index (χ0) is 40.3. The van der Waals surface area contributed by atoms with E-state index in [1.54, 1.807) is 0 Å². The minimum Gasteiger partial charge on any atom is -0.423 e. The maximum absolute atomic E-state index is 6.41. The summed E-state index contributed by atoms with van der Waals surface area (Å²) in [6.45, 7) is 4.67. The fourth-order valence-corrected chi connectivity index (χ4v) is 10.5. The van der Waals surface area contributed by atoms with E-state index in [0.29, 0.717) is 6.01 Å². The zero-order valence-electron chi connectivity index (χ0n) is 33.8. The van der Waals surface area contributed by atoms with Gasteiger partial charge in [-0.15, -0.1) is 0 Å². The lowest BCUT2D eigenvalue weighted by Gasteiger charge is -2.33. The highest BCUT2D eigenvalue weighted by Gasteiger charge is 2.46. The topological polar surface area (TPSA) is 29.3 Å². The second-order valence-corrected chi connectivity index (χ2v) is 16.1. The van der Waals surface area contributed by atoms with Crippen LogP contribution in [0.5, 0.6) is 0 Å². The van der Waals surface area contributed by atoms with E-state index in [1.807, 2.05) is 30.3 Å². The van der Waals surface area contributed by atoms with Crippen LogP contribution in [0.25, 0.3) is 45.5 Å². The normalized spacial score (nSPS) is 14.2. The number of rotatable bonds is 9. The predicted octanol–water partition coefficient (Wildman–Crippen LogP) is 14.9. The lowest BCUT2D eigenvalue weighted by Crippen LogP contribution is -2.28. The Labute approximate surface area is 352 Å². The number of oxazole rings is 1. The summed E-state index contributed by atoms with van der Waals surface area (Å²) < 4.78 is 6.41. The number of anilines is 3. The summed E-state index contributed by atoms with van der Waals surface area (Å²) in [5.41, 5.74) is 18.7. The molecule has 1 heterocycles. The van der Waals surface area contributed by atoms with E-state index in [9.17, 15) is 0 Å². The van der Waals surface area contributed by atoms with Gasteiger partial charge in [0.05, 0.1) is 16.8 Å². The van der Waals surface area contributed by atoms with Crippen LogP contribution in [0.3, 0.4) is 0 Å². The van der Waals surface area contributed by atoms with Crippen molar-refractivity contribution in [1.29, 1.82) is 0 Å². The molecule has 0 saturated carbocycles. The maximum Gasteiger partial charge on any atom is 0.307 e. The van der Waals surface area contributed by atoms with Crippen molar-refractivity contribution in [1.82, 2.24) is 4.98 Å². The molecule has 3 nitrogen and oxygen atoms in total. The molecule has 60 heavy (non-hydrogen) atoms. The Kier molecular flexibility index (Phi) is 8.53. The van der Waals surface area contributed by atoms with Crippen molar-refractivity contribution >= 4 is 40.6 Å². The fraction of sp³-hybridized carbons (Fsp3) is 0.105. The fourth-order valence-electron chi connectivity index (χ4n) is 10.5. The molecular weight excluding hydrogens is 729 g/mol. The molecule has 9 aromatic rings. The first-order valence-corrected chi connectivity index (χ1v) is 21.2. The SMILES string of the molecule is CCC1(CC)c2cc(/C=C/c3cccc4c3-c3ccccc3C4(c3ccccc3)c3ccccc3)ccc2-c2ccc(N(c3ccccc3)c3nc4ccccc4o3)cc21. The highest BCUT2D eigenvalue weighted by molar-refractivity contribution is 5.93. The molecule has 2 aliphatic rings. The van der Waals surface area contributed by atoms with Gasteiger partial charge in [0, 0.05) is 5.41 Å². The van der Waals surface area contributed by atoms with Gasteiger partial charge < -0.3 is 4.42 Å². The first-order valence-electron chi connectivity index (χ1n) is 21.2. The summed E-state index contributed by atoms with van der Waals surface area (Å²) >= 11 is 0. The summed E-state index contributed by atoms with van der Waals surface area (Å²) in [5.74, 6) is 0. The van der Waals surface area contributed by atoms with Gasteiger partial charge in [-0.1, -0.05) is 184 Å². The van der Waals surface area contributed by atoms with E-state index < -0.39 is 5.41 Å². The molecule has 288 valence electrons. The van der Waals surface area contributed by atoms with Crippen LogP contribution in [-0.2, 0) is 10.8 Å². The lowest BCUT2D eigenvalue weighted by molar-refractivity contribution is 0.490. The second-order valence-electron chi connectivity index (χ2n) is 16.1. The largest absolute Gasteiger partial charge is 0.423 e.